The molecule has 1 amide bonds. The minimum atomic E-state index is -0.745. The average molecular weight is 379 g/mol. The summed E-state index contributed by atoms with van der Waals surface area (Å²) in [6.45, 7) is 8.98. The van der Waals surface area contributed by atoms with Gasteiger partial charge in [-0.1, -0.05) is 19.9 Å². The number of nitrogens with one attached hydrogen (secondary N) is 2. The van der Waals surface area contributed by atoms with Gasteiger partial charge in [0.25, 0.3) is 5.91 Å². The maximum Gasteiger partial charge on any atom is 0.252 e. The first-order chi connectivity index (χ1) is 13.1. The molecule has 0 bridgehead atoms. The Morgan fingerprint density at radius 2 is 1.78 bits per heavy atom. The van der Waals surface area contributed by atoms with Crippen molar-refractivity contribution in [1.29, 1.82) is 0 Å². The molecule has 2 N–H and O–H groups in total. The molecule has 1 aromatic carbocycles. The van der Waals surface area contributed by atoms with E-state index in [1.807, 2.05) is 25.1 Å². The van der Waals surface area contributed by atoms with Crippen LogP contribution >= 0.6 is 0 Å². The van der Waals surface area contributed by atoms with Gasteiger partial charge in [-0.15, -0.1) is 0 Å². The van der Waals surface area contributed by atoms with Crippen molar-refractivity contribution in [2.45, 2.75) is 58.1 Å². The van der Waals surface area contributed by atoms with E-state index in [0.717, 1.165) is 43.0 Å². The predicted octanol–water partition coefficient (Wildman–Crippen LogP) is 3.21. The second-order valence-corrected chi connectivity index (χ2v) is 7.05. The minimum absolute atomic E-state index is 0.0543. The van der Waals surface area contributed by atoms with Crippen LogP contribution in [0.15, 0.2) is 18.2 Å². The number of benzene rings is 1. The van der Waals surface area contributed by atoms with E-state index in [1.54, 1.807) is 7.11 Å². The van der Waals surface area contributed by atoms with E-state index < -0.39 is 5.60 Å². The van der Waals surface area contributed by atoms with Crippen molar-refractivity contribution in [3.8, 4) is 11.5 Å². The molecule has 0 aliphatic carbocycles. The lowest BCUT2D eigenvalue weighted by molar-refractivity contribution is -0.147. The number of rotatable bonds is 10. The van der Waals surface area contributed by atoms with Gasteiger partial charge in [-0.05, 0) is 63.4 Å². The lowest BCUT2D eigenvalue weighted by Gasteiger charge is -2.35. The highest BCUT2D eigenvalue weighted by atomic mass is 16.5. The van der Waals surface area contributed by atoms with E-state index in [2.05, 4.69) is 24.5 Å². The Hall–Kier alpha value is -1.79. The molecular weight excluding hydrogens is 344 g/mol. The maximum absolute atomic E-state index is 12.9. The van der Waals surface area contributed by atoms with Gasteiger partial charge in [-0.3, -0.25) is 4.79 Å². The van der Waals surface area contributed by atoms with Gasteiger partial charge in [0.2, 0.25) is 0 Å². The second kappa shape index (κ2) is 10.5. The van der Waals surface area contributed by atoms with Crippen LogP contribution in [0.3, 0.4) is 0 Å². The number of amides is 1. The van der Waals surface area contributed by atoms with Crippen LogP contribution in [0.2, 0.25) is 0 Å². The van der Waals surface area contributed by atoms with E-state index in [4.69, 9.17) is 14.2 Å². The van der Waals surface area contributed by atoms with Crippen molar-refractivity contribution in [3.05, 3.63) is 23.8 Å². The fourth-order valence-electron chi connectivity index (χ4n) is 3.22. The molecule has 152 valence electrons. The molecule has 1 aliphatic rings. The standard InChI is InChI=1S/C21H34N2O4/c1-5-13-26-18-8-7-17(15-19(18)27-14-6-2)16(3)23-20(24)21(25-4)9-11-22-12-10-21/h7-8,15-16,22H,5-6,9-14H2,1-4H3,(H,23,24). The quantitative estimate of drug-likeness (QED) is 0.654. The number of piperidine rings is 1. The highest BCUT2D eigenvalue weighted by molar-refractivity contribution is 5.85. The van der Waals surface area contributed by atoms with Gasteiger partial charge in [0.1, 0.15) is 5.60 Å². The molecule has 6 heteroatoms. The van der Waals surface area contributed by atoms with Gasteiger partial charge < -0.3 is 24.8 Å². The first-order valence-corrected chi connectivity index (χ1v) is 10.0. The van der Waals surface area contributed by atoms with E-state index in [0.29, 0.717) is 26.1 Å². The maximum atomic E-state index is 12.9. The van der Waals surface area contributed by atoms with Gasteiger partial charge in [0.15, 0.2) is 11.5 Å². The molecule has 0 spiro atoms. The zero-order valence-electron chi connectivity index (χ0n) is 17.1. The molecule has 1 unspecified atom stereocenters. The number of carbonyl (C=O) groups excluding carboxylic acids is 1. The Morgan fingerprint density at radius 3 is 2.37 bits per heavy atom. The monoisotopic (exact) mass is 378 g/mol. The third-order valence-corrected chi connectivity index (χ3v) is 4.95. The molecule has 1 fully saturated rings. The smallest absolute Gasteiger partial charge is 0.252 e. The van der Waals surface area contributed by atoms with Gasteiger partial charge >= 0.3 is 0 Å². The summed E-state index contributed by atoms with van der Waals surface area (Å²) < 4.78 is 17.3. The van der Waals surface area contributed by atoms with Crippen LogP contribution < -0.4 is 20.1 Å². The first kappa shape index (κ1) is 21.5. The number of hydrogen-bond donors (Lipinski definition) is 2. The highest BCUT2D eigenvalue weighted by Gasteiger charge is 2.40. The topological polar surface area (TPSA) is 68.8 Å². The first-order valence-electron chi connectivity index (χ1n) is 10.0. The lowest BCUT2D eigenvalue weighted by Crippen LogP contribution is -2.54. The second-order valence-electron chi connectivity index (χ2n) is 7.05. The molecule has 0 aromatic heterocycles. The lowest BCUT2D eigenvalue weighted by atomic mass is 9.90. The van der Waals surface area contributed by atoms with Crippen LogP contribution in [0, 0.1) is 0 Å². The Bertz CT molecular complexity index is 600. The van der Waals surface area contributed by atoms with E-state index in [1.165, 1.54) is 0 Å². The number of hydrogen-bond acceptors (Lipinski definition) is 5. The van der Waals surface area contributed by atoms with Crippen molar-refractivity contribution >= 4 is 5.91 Å². The number of methoxy groups -OCH3 is 1. The summed E-state index contributed by atoms with van der Waals surface area (Å²) in [7, 11) is 1.62. The van der Waals surface area contributed by atoms with Crippen molar-refractivity contribution in [2.24, 2.45) is 0 Å². The summed E-state index contributed by atoms with van der Waals surface area (Å²) >= 11 is 0. The molecule has 0 saturated carbocycles. The van der Waals surface area contributed by atoms with Gasteiger partial charge in [-0.25, -0.2) is 0 Å². The van der Waals surface area contributed by atoms with Crippen molar-refractivity contribution < 1.29 is 19.0 Å². The molecule has 6 nitrogen and oxygen atoms in total. The van der Waals surface area contributed by atoms with Gasteiger partial charge in [0.05, 0.1) is 19.3 Å². The van der Waals surface area contributed by atoms with E-state index in [9.17, 15) is 4.79 Å². The zero-order chi connectivity index (χ0) is 19.7. The van der Waals surface area contributed by atoms with Crippen LogP contribution in [-0.4, -0.2) is 44.9 Å². The van der Waals surface area contributed by atoms with E-state index >= 15 is 0 Å². The SMILES string of the molecule is CCCOc1ccc(C(C)NC(=O)C2(OC)CCNCC2)cc1OCCC. The number of carbonyl (C=O) groups is 1. The Labute approximate surface area is 163 Å². The van der Waals surface area contributed by atoms with Crippen LogP contribution in [0.1, 0.15) is 58.1 Å². The van der Waals surface area contributed by atoms with Crippen molar-refractivity contribution in [2.75, 3.05) is 33.4 Å². The Balaban J connectivity index is 2.12. The molecule has 1 aromatic rings. The van der Waals surface area contributed by atoms with Gasteiger partial charge in [0, 0.05) is 7.11 Å². The summed E-state index contributed by atoms with van der Waals surface area (Å²) in [5.74, 6) is 1.42. The normalized spacial score (nSPS) is 17.2. The fraction of sp³-hybridized carbons (Fsp3) is 0.667. The van der Waals surface area contributed by atoms with Crippen LogP contribution in [0.5, 0.6) is 11.5 Å². The molecule has 1 saturated heterocycles. The molecule has 27 heavy (non-hydrogen) atoms. The third kappa shape index (κ3) is 5.59. The average Bonchev–Trinajstić information content (AvgIpc) is 2.71. The summed E-state index contributed by atoms with van der Waals surface area (Å²) in [6.07, 6.45) is 3.22. The van der Waals surface area contributed by atoms with Crippen molar-refractivity contribution in [1.82, 2.24) is 10.6 Å². The molecular formula is C21H34N2O4. The molecule has 1 atom stereocenters. The Kier molecular flexibility index (Phi) is 8.38. The Morgan fingerprint density at radius 1 is 1.15 bits per heavy atom. The third-order valence-electron chi connectivity index (χ3n) is 4.95. The minimum Gasteiger partial charge on any atom is -0.490 e. The summed E-state index contributed by atoms with van der Waals surface area (Å²) in [6, 6.07) is 5.72. The summed E-state index contributed by atoms with van der Waals surface area (Å²) in [4.78, 5) is 12.9. The van der Waals surface area contributed by atoms with Crippen molar-refractivity contribution in [3.63, 3.8) is 0 Å². The molecule has 2 rings (SSSR count). The van der Waals surface area contributed by atoms with Crippen LogP contribution in [0.25, 0.3) is 0 Å². The zero-order valence-corrected chi connectivity index (χ0v) is 17.1. The fourth-order valence-corrected chi connectivity index (χ4v) is 3.22. The van der Waals surface area contributed by atoms with Crippen LogP contribution in [-0.2, 0) is 9.53 Å². The molecule has 1 heterocycles. The summed E-state index contributed by atoms with van der Waals surface area (Å²) in [5, 5.41) is 6.39. The largest absolute Gasteiger partial charge is 0.490 e. The number of ether oxygens (including phenoxy) is 3. The van der Waals surface area contributed by atoms with E-state index in [-0.39, 0.29) is 11.9 Å². The molecule has 0 radical (unpaired) electrons. The highest BCUT2D eigenvalue weighted by Crippen LogP contribution is 2.32. The van der Waals surface area contributed by atoms with Crippen LogP contribution in [0.4, 0.5) is 0 Å². The summed E-state index contributed by atoms with van der Waals surface area (Å²) in [5.41, 5.74) is 0.240. The predicted molar refractivity (Wildman–Crippen MR) is 106 cm³/mol. The molecule has 1 aliphatic heterocycles. The van der Waals surface area contributed by atoms with Gasteiger partial charge in [-0.2, -0.15) is 0 Å².